The van der Waals surface area contributed by atoms with Gasteiger partial charge in [0.2, 0.25) is 5.91 Å². The summed E-state index contributed by atoms with van der Waals surface area (Å²) in [6.45, 7) is 8.01. The molecular weight excluding hydrogens is 264 g/mol. The second-order valence-electron chi connectivity index (χ2n) is 5.53. The summed E-state index contributed by atoms with van der Waals surface area (Å²) in [7, 11) is 0. The van der Waals surface area contributed by atoms with Gasteiger partial charge in [-0.25, -0.2) is 0 Å². The van der Waals surface area contributed by atoms with E-state index in [0.717, 1.165) is 0 Å². The van der Waals surface area contributed by atoms with E-state index in [1.54, 1.807) is 32.0 Å². The predicted molar refractivity (Wildman–Crippen MR) is 78.7 cm³/mol. The van der Waals surface area contributed by atoms with Crippen LogP contribution in [0.1, 0.15) is 27.7 Å². The second kappa shape index (κ2) is 6.26. The van der Waals surface area contributed by atoms with Crippen LogP contribution in [-0.4, -0.2) is 18.1 Å². The van der Waals surface area contributed by atoms with Crippen molar-refractivity contribution >= 4 is 23.2 Å². The third-order valence-electron chi connectivity index (χ3n) is 2.35. The number of nitrogens with one attached hydrogen (secondary N) is 1. The Balaban J connectivity index is 2.74. The molecule has 0 saturated heterocycles. The van der Waals surface area contributed by atoms with Crippen LogP contribution >= 0.6 is 11.6 Å². The molecule has 0 heterocycles. The third kappa shape index (κ3) is 5.09. The highest BCUT2D eigenvalue weighted by atomic mass is 35.5. The summed E-state index contributed by atoms with van der Waals surface area (Å²) in [5, 5.41) is 3.18. The number of hydrogen-bond acceptors (Lipinski definition) is 3. The van der Waals surface area contributed by atoms with E-state index in [2.05, 4.69) is 19.2 Å². The molecule has 5 heteroatoms. The van der Waals surface area contributed by atoms with Crippen molar-refractivity contribution in [2.45, 2.75) is 33.2 Å². The van der Waals surface area contributed by atoms with Gasteiger partial charge < -0.3 is 15.8 Å². The maximum atomic E-state index is 11.7. The standard InChI is InChI=1S/C14H21ClN2O2/c1-9(2)8-19-12-6-5-10(7-11(12)15)17-13(18)14(3,4)16/h5-7,9H,8,16H2,1-4H3,(H,17,18). The second-order valence-corrected chi connectivity index (χ2v) is 5.93. The van der Waals surface area contributed by atoms with Gasteiger partial charge in [0, 0.05) is 5.69 Å². The molecule has 106 valence electrons. The van der Waals surface area contributed by atoms with Crippen molar-refractivity contribution in [3.05, 3.63) is 23.2 Å². The highest BCUT2D eigenvalue weighted by molar-refractivity contribution is 6.32. The van der Waals surface area contributed by atoms with E-state index in [0.29, 0.717) is 29.0 Å². The molecule has 19 heavy (non-hydrogen) atoms. The van der Waals surface area contributed by atoms with E-state index in [1.165, 1.54) is 0 Å². The Hall–Kier alpha value is -1.26. The smallest absolute Gasteiger partial charge is 0.243 e. The van der Waals surface area contributed by atoms with E-state index in [1.807, 2.05) is 0 Å². The number of rotatable bonds is 5. The van der Waals surface area contributed by atoms with E-state index in [-0.39, 0.29) is 5.91 Å². The molecule has 1 rings (SSSR count). The molecule has 1 aromatic rings. The van der Waals surface area contributed by atoms with Gasteiger partial charge in [0.05, 0.1) is 17.2 Å². The van der Waals surface area contributed by atoms with E-state index in [9.17, 15) is 4.79 Å². The first-order valence-corrected chi connectivity index (χ1v) is 6.60. The average molecular weight is 285 g/mol. The van der Waals surface area contributed by atoms with Gasteiger partial charge in [-0.15, -0.1) is 0 Å². The summed E-state index contributed by atoms with van der Waals surface area (Å²) in [4.78, 5) is 11.7. The van der Waals surface area contributed by atoms with Gasteiger partial charge in [0.25, 0.3) is 0 Å². The van der Waals surface area contributed by atoms with E-state index < -0.39 is 5.54 Å². The van der Waals surface area contributed by atoms with Crippen LogP contribution in [0.3, 0.4) is 0 Å². The molecule has 0 aromatic heterocycles. The van der Waals surface area contributed by atoms with Crippen molar-refractivity contribution in [3.8, 4) is 5.75 Å². The van der Waals surface area contributed by atoms with Gasteiger partial charge in [-0.3, -0.25) is 4.79 Å². The largest absolute Gasteiger partial charge is 0.492 e. The summed E-state index contributed by atoms with van der Waals surface area (Å²) in [6, 6.07) is 5.13. The Morgan fingerprint density at radius 3 is 2.58 bits per heavy atom. The molecular formula is C14H21ClN2O2. The predicted octanol–water partition coefficient (Wildman–Crippen LogP) is 3.05. The maximum Gasteiger partial charge on any atom is 0.243 e. The lowest BCUT2D eigenvalue weighted by Crippen LogP contribution is -2.45. The van der Waals surface area contributed by atoms with Gasteiger partial charge >= 0.3 is 0 Å². The zero-order valence-electron chi connectivity index (χ0n) is 11.8. The molecule has 0 aliphatic heterocycles. The number of carbonyl (C=O) groups excluding carboxylic acids is 1. The minimum Gasteiger partial charge on any atom is -0.492 e. The SMILES string of the molecule is CC(C)COc1ccc(NC(=O)C(C)(C)N)cc1Cl. The van der Waals surface area contributed by atoms with Gasteiger partial charge in [0.1, 0.15) is 5.75 Å². The van der Waals surface area contributed by atoms with Crippen LogP contribution in [-0.2, 0) is 4.79 Å². The lowest BCUT2D eigenvalue weighted by molar-refractivity contribution is -0.120. The number of hydrogen-bond donors (Lipinski definition) is 2. The lowest BCUT2D eigenvalue weighted by atomic mass is 10.1. The van der Waals surface area contributed by atoms with E-state index in [4.69, 9.17) is 22.1 Å². The molecule has 3 N–H and O–H groups in total. The van der Waals surface area contributed by atoms with Crippen molar-refractivity contribution < 1.29 is 9.53 Å². The molecule has 0 fully saturated rings. The average Bonchev–Trinajstić information content (AvgIpc) is 2.26. The summed E-state index contributed by atoms with van der Waals surface area (Å²) in [5.41, 5.74) is 5.38. The van der Waals surface area contributed by atoms with Crippen molar-refractivity contribution in [2.75, 3.05) is 11.9 Å². The first-order valence-electron chi connectivity index (χ1n) is 6.23. The van der Waals surface area contributed by atoms with Crippen LogP contribution in [0.5, 0.6) is 5.75 Å². The number of benzene rings is 1. The number of amides is 1. The topological polar surface area (TPSA) is 64.3 Å². The molecule has 4 nitrogen and oxygen atoms in total. The molecule has 0 bridgehead atoms. The summed E-state index contributed by atoms with van der Waals surface area (Å²) in [6.07, 6.45) is 0. The van der Waals surface area contributed by atoms with Crippen LogP contribution in [0.4, 0.5) is 5.69 Å². The highest BCUT2D eigenvalue weighted by Crippen LogP contribution is 2.28. The van der Waals surface area contributed by atoms with Gasteiger partial charge in [-0.05, 0) is 38.0 Å². The fourth-order valence-corrected chi connectivity index (χ4v) is 1.48. The molecule has 0 aliphatic rings. The van der Waals surface area contributed by atoms with Crippen molar-refractivity contribution in [3.63, 3.8) is 0 Å². The molecule has 0 unspecified atom stereocenters. The Morgan fingerprint density at radius 1 is 1.47 bits per heavy atom. The fourth-order valence-electron chi connectivity index (χ4n) is 1.24. The van der Waals surface area contributed by atoms with Crippen molar-refractivity contribution in [2.24, 2.45) is 11.7 Å². The monoisotopic (exact) mass is 284 g/mol. The summed E-state index contributed by atoms with van der Waals surface area (Å²) in [5.74, 6) is 0.772. The summed E-state index contributed by atoms with van der Waals surface area (Å²) < 4.78 is 5.56. The van der Waals surface area contributed by atoms with Crippen LogP contribution in [0.2, 0.25) is 5.02 Å². The van der Waals surface area contributed by atoms with Crippen LogP contribution in [0.15, 0.2) is 18.2 Å². The number of nitrogens with two attached hydrogens (primary N) is 1. The Labute approximate surface area is 119 Å². The number of anilines is 1. The number of halogens is 1. The van der Waals surface area contributed by atoms with Gasteiger partial charge in [-0.2, -0.15) is 0 Å². The minimum absolute atomic E-state index is 0.264. The molecule has 1 amide bonds. The molecule has 0 aliphatic carbocycles. The van der Waals surface area contributed by atoms with Crippen LogP contribution in [0, 0.1) is 5.92 Å². The Bertz CT molecular complexity index is 453. The minimum atomic E-state index is -0.931. The third-order valence-corrected chi connectivity index (χ3v) is 2.64. The van der Waals surface area contributed by atoms with E-state index >= 15 is 0 Å². The Morgan fingerprint density at radius 2 is 2.11 bits per heavy atom. The first-order chi connectivity index (χ1) is 8.70. The molecule has 0 saturated carbocycles. The summed E-state index contributed by atoms with van der Waals surface area (Å²) >= 11 is 6.10. The number of carbonyl (C=O) groups is 1. The lowest BCUT2D eigenvalue weighted by Gasteiger charge is -2.18. The molecule has 0 radical (unpaired) electrons. The zero-order chi connectivity index (χ0) is 14.6. The van der Waals surface area contributed by atoms with Crippen LogP contribution in [0.25, 0.3) is 0 Å². The van der Waals surface area contributed by atoms with Crippen molar-refractivity contribution in [1.29, 1.82) is 0 Å². The molecule has 1 aromatic carbocycles. The first kappa shape index (κ1) is 15.8. The highest BCUT2D eigenvalue weighted by Gasteiger charge is 2.21. The fraction of sp³-hybridized carbons (Fsp3) is 0.500. The van der Waals surface area contributed by atoms with Gasteiger partial charge in [-0.1, -0.05) is 25.4 Å². The van der Waals surface area contributed by atoms with Gasteiger partial charge in [0.15, 0.2) is 0 Å². The molecule has 0 atom stereocenters. The number of ether oxygens (including phenoxy) is 1. The van der Waals surface area contributed by atoms with Crippen LogP contribution < -0.4 is 15.8 Å². The zero-order valence-corrected chi connectivity index (χ0v) is 12.5. The maximum absolute atomic E-state index is 11.7. The Kier molecular flexibility index (Phi) is 5.20. The molecule has 0 spiro atoms. The quantitative estimate of drug-likeness (QED) is 0.873. The van der Waals surface area contributed by atoms with Crippen molar-refractivity contribution in [1.82, 2.24) is 0 Å². The normalized spacial score (nSPS) is 11.5.